The molecule has 2 rings (SSSR count). The maximum atomic E-state index is 12.2. The predicted octanol–water partition coefficient (Wildman–Crippen LogP) is 2.14. The molecule has 2 aromatic rings. The van der Waals surface area contributed by atoms with E-state index in [9.17, 15) is 14.4 Å². The van der Waals surface area contributed by atoms with Crippen LogP contribution in [0.15, 0.2) is 30.5 Å². The molecule has 0 aromatic carbocycles. The van der Waals surface area contributed by atoms with Crippen molar-refractivity contribution in [2.45, 2.75) is 26.5 Å². The Bertz CT molecular complexity index is 676. The second-order valence-electron chi connectivity index (χ2n) is 4.67. The van der Waals surface area contributed by atoms with Crippen molar-refractivity contribution >= 4 is 29.0 Å². The SMILES string of the molecule is CC(=O)NCc1ccc(C(=O)[C@H](C)OC(=O)c2ccc[nH]2)s1. The Labute approximate surface area is 131 Å². The third-order valence-electron chi connectivity index (χ3n) is 2.89. The molecule has 0 saturated carbocycles. The van der Waals surface area contributed by atoms with Crippen LogP contribution in [0.25, 0.3) is 0 Å². The molecule has 0 aliphatic rings. The van der Waals surface area contributed by atoms with Crippen LogP contribution in [0.3, 0.4) is 0 Å². The van der Waals surface area contributed by atoms with Gasteiger partial charge < -0.3 is 15.0 Å². The average molecular weight is 320 g/mol. The molecule has 0 spiro atoms. The quantitative estimate of drug-likeness (QED) is 0.630. The molecule has 2 heterocycles. The molecule has 0 saturated heterocycles. The van der Waals surface area contributed by atoms with Gasteiger partial charge in [0, 0.05) is 18.0 Å². The van der Waals surface area contributed by atoms with Crippen molar-refractivity contribution in [1.82, 2.24) is 10.3 Å². The number of aromatic amines is 1. The van der Waals surface area contributed by atoms with Crippen LogP contribution in [0.4, 0.5) is 0 Å². The second-order valence-corrected chi connectivity index (χ2v) is 5.84. The number of ketones is 1. The number of carbonyl (C=O) groups is 3. The monoisotopic (exact) mass is 320 g/mol. The van der Waals surface area contributed by atoms with Crippen LogP contribution in [0.2, 0.25) is 0 Å². The number of carbonyl (C=O) groups excluding carboxylic acids is 3. The van der Waals surface area contributed by atoms with Crippen molar-refractivity contribution in [2.75, 3.05) is 0 Å². The summed E-state index contributed by atoms with van der Waals surface area (Å²) >= 11 is 1.27. The summed E-state index contributed by atoms with van der Waals surface area (Å²) in [5.41, 5.74) is 0.303. The number of thiophene rings is 1. The fraction of sp³-hybridized carbons (Fsp3) is 0.267. The maximum Gasteiger partial charge on any atom is 0.355 e. The summed E-state index contributed by atoms with van der Waals surface area (Å²) in [5, 5.41) is 2.66. The lowest BCUT2D eigenvalue weighted by atomic mass is 10.2. The molecule has 0 radical (unpaired) electrons. The van der Waals surface area contributed by atoms with Gasteiger partial charge in [0.05, 0.1) is 11.4 Å². The Morgan fingerprint density at radius 2 is 2.09 bits per heavy atom. The molecule has 0 unspecified atom stereocenters. The van der Waals surface area contributed by atoms with Gasteiger partial charge in [0.1, 0.15) is 5.69 Å². The second kappa shape index (κ2) is 7.04. The number of hydrogen-bond acceptors (Lipinski definition) is 5. The molecule has 0 bridgehead atoms. The number of esters is 1. The average Bonchev–Trinajstić information content (AvgIpc) is 3.15. The summed E-state index contributed by atoms with van der Waals surface area (Å²) in [4.78, 5) is 39.0. The van der Waals surface area contributed by atoms with Crippen LogP contribution in [0.5, 0.6) is 0 Å². The normalized spacial score (nSPS) is 11.7. The van der Waals surface area contributed by atoms with E-state index in [0.717, 1.165) is 4.88 Å². The molecule has 116 valence electrons. The fourth-order valence-corrected chi connectivity index (χ4v) is 2.72. The van der Waals surface area contributed by atoms with E-state index >= 15 is 0 Å². The summed E-state index contributed by atoms with van der Waals surface area (Å²) in [6, 6.07) is 6.70. The number of Topliss-reactive ketones (excluding diaryl/α,β-unsaturated/α-hetero) is 1. The maximum absolute atomic E-state index is 12.2. The first-order valence-corrected chi connectivity index (χ1v) is 7.50. The van der Waals surface area contributed by atoms with Crippen molar-refractivity contribution in [3.05, 3.63) is 45.9 Å². The van der Waals surface area contributed by atoms with E-state index in [1.165, 1.54) is 25.2 Å². The van der Waals surface area contributed by atoms with Crippen LogP contribution in [-0.4, -0.2) is 28.7 Å². The fourth-order valence-electron chi connectivity index (χ4n) is 1.75. The highest BCUT2D eigenvalue weighted by molar-refractivity contribution is 7.14. The lowest BCUT2D eigenvalue weighted by Crippen LogP contribution is -2.24. The van der Waals surface area contributed by atoms with Crippen LogP contribution in [-0.2, 0) is 16.1 Å². The Kier molecular flexibility index (Phi) is 5.11. The van der Waals surface area contributed by atoms with Gasteiger partial charge in [-0.25, -0.2) is 4.79 Å². The number of rotatable bonds is 6. The highest BCUT2D eigenvalue weighted by Gasteiger charge is 2.22. The van der Waals surface area contributed by atoms with Crippen LogP contribution >= 0.6 is 11.3 Å². The minimum Gasteiger partial charge on any atom is -0.450 e. The number of nitrogens with one attached hydrogen (secondary N) is 2. The first kappa shape index (κ1) is 16.0. The number of hydrogen-bond donors (Lipinski definition) is 2. The molecule has 22 heavy (non-hydrogen) atoms. The zero-order valence-electron chi connectivity index (χ0n) is 12.2. The van der Waals surface area contributed by atoms with Crippen molar-refractivity contribution in [1.29, 1.82) is 0 Å². The molecule has 7 heteroatoms. The van der Waals surface area contributed by atoms with Crippen molar-refractivity contribution in [3.8, 4) is 0 Å². The highest BCUT2D eigenvalue weighted by Crippen LogP contribution is 2.19. The van der Waals surface area contributed by atoms with Crippen LogP contribution in [0.1, 0.15) is 38.9 Å². The Morgan fingerprint density at radius 3 is 2.73 bits per heavy atom. The van der Waals surface area contributed by atoms with Crippen molar-refractivity contribution in [2.24, 2.45) is 0 Å². The summed E-state index contributed by atoms with van der Waals surface area (Å²) in [6.45, 7) is 3.35. The van der Waals surface area contributed by atoms with Crippen molar-refractivity contribution < 1.29 is 19.1 Å². The number of ether oxygens (including phenoxy) is 1. The highest BCUT2D eigenvalue weighted by atomic mass is 32.1. The van der Waals surface area contributed by atoms with Gasteiger partial charge in [0.25, 0.3) is 0 Å². The van der Waals surface area contributed by atoms with Gasteiger partial charge in [-0.3, -0.25) is 9.59 Å². The number of amides is 1. The number of aromatic nitrogens is 1. The molecule has 1 atom stereocenters. The molecule has 0 fully saturated rings. The third-order valence-corrected chi connectivity index (χ3v) is 3.99. The summed E-state index contributed by atoms with van der Waals surface area (Å²) < 4.78 is 5.14. The van der Waals surface area contributed by atoms with E-state index in [1.54, 1.807) is 30.5 Å². The molecule has 6 nitrogen and oxygen atoms in total. The molecule has 2 N–H and O–H groups in total. The van der Waals surface area contributed by atoms with Gasteiger partial charge in [-0.15, -0.1) is 11.3 Å². The third kappa shape index (κ3) is 4.05. The van der Waals surface area contributed by atoms with E-state index in [0.29, 0.717) is 17.1 Å². The van der Waals surface area contributed by atoms with Gasteiger partial charge in [0.15, 0.2) is 6.10 Å². The Balaban J connectivity index is 1.95. The minimum atomic E-state index is -0.872. The minimum absolute atomic E-state index is 0.130. The number of H-pyrrole nitrogens is 1. The van der Waals surface area contributed by atoms with E-state index in [1.807, 2.05) is 0 Å². The van der Waals surface area contributed by atoms with Gasteiger partial charge >= 0.3 is 5.97 Å². The summed E-state index contributed by atoms with van der Waals surface area (Å²) in [5.74, 6) is -0.964. The van der Waals surface area contributed by atoms with Gasteiger partial charge in [0.2, 0.25) is 11.7 Å². The lowest BCUT2D eigenvalue weighted by Gasteiger charge is -2.10. The van der Waals surface area contributed by atoms with Gasteiger partial charge in [-0.1, -0.05) is 0 Å². The lowest BCUT2D eigenvalue weighted by molar-refractivity contribution is -0.119. The van der Waals surface area contributed by atoms with E-state index < -0.39 is 12.1 Å². The molecular formula is C15H16N2O4S. The molecular weight excluding hydrogens is 304 g/mol. The van der Waals surface area contributed by atoms with Crippen molar-refractivity contribution in [3.63, 3.8) is 0 Å². The van der Waals surface area contributed by atoms with Crippen LogP contribution < -0.4 is 5.32 Å². The van der Waals surface area contributed by atoms with E-state index in [4.69, 9.17) is 4.74 Å². The van der Waals surface area contributed by atoms with E-state index in [2.05, 4.69) is 10.3 Å². The topological polar surface area (TPSA) is 88.3 Å². The van der Waals surface area contributed by atoms with Gasteiger partial charge in [-0.05, 0) is 31.2 Å². The zero-order valence-corrected chi connectivity index (χ0v) is 13.0. The molecule has 2 aromatic heterocycles. The largest absolute Gasteiger partial charge is 0.450 e. The Morgan fingerprint density at radius 1 is 1.32 bits per heavy atom. The summed E-state index contributed by atoms with van der Waals surface area (Å²) in [6.07, 6.45) is 0.736. The molecule has 0 aliphatic heterocycles. The first-order chi connectivity index (χ1) is 10.5. The molecule has 0 aliphatic carbocycles. The first-order valence-electron chi connectivity index (χ1n) is 6.69. The Hall–Kier alpha value is -2.41. The zero-order chi connectivity index (χ0) is 16.1. The van der Waals surface area contributed by atoms with E-state index in [-0.39, 0.29) is 11.7 Å². The van der Waals surface area contributed by atoms with Crippen LogP contribution in [0, 0.1) is 0 Å². The smallest absolute Gasteiger partial charge is 0.355 e. The predicted molar refractivity (Wildman–Crippen MR) is 81.8 cm³/mol. The van der Waals surface area contributed by atoms with Gasteiger partial charge in [-0.2, -0.15) is 0 Å². The standard InChI is InChI=1S/C15H16N2O4S/c1-9(21-15(20)12-4-3-7-16-12)14(19)13-6-5-11(22-13)8-17-10(2)18/h3-7,9,16H,8H2,1-2H3,(H,17,18)/t9-/m0/s1. The molecule has 1 amide bonds. The summed E-state index contributed by atoms with van der Waals surface area (Å²) in [7, 11) is 0.